The molecule has 1 unspecified atom stereocenters. The molecule has 0 radical (unpaired) electrons. The predicted molar refractivity (Wildman–Crippen MR) is 98.9 cm³/mol. The van der Waals surface area contributed by atoms with Crippen LogP contribution in [-0.2, 0) is 11.3 Å². The molecule has 1 N–H and O–H groups in total. The van der Waals surface area contributed by atoms with Gasteiger partial charge in [-0.25, -0.2) is 0 Å². The summed E-state index contributed by atoms with van der Waals surface area (Å²) in [6, 6.07) is 9.99. The molecule has 0 spiro atoms. The van der Waals surface area contributed by atoms with Crippen LogP contribution in [0, 0.1) is 0 Å². The van der Waals surface area contributed by atoms with Crippen molar-refractivity contribution in [1.82, 2.24) is 10.3 Å². The van der Waals surface area contributed by atoms with E-state index in [9.17, 15) is 0 Å². The molecular weight excluding hydrogens is 332 g/mol. The minimum Gasteiger partial charge on any atom is -0.497 e. The van der Waals surface area contributed by atoms with Gasteiger partial charge < -0.3 is 24.3 Å². The molecule has 3 rings (SSSR count). The van der Waals surface area contributed by atoms with Crippen LogP contribution in [0.3, 0.4) is 0 Å². The Kier molecular flexibility index (Phi) is 6.68. The summed E-state index contributed by atoms with van der Waals surface area (Å²) in [7, 11) is 3.34. The Morgan fingerprint density at radius 2 is 2.08 bits per heavy atom. The van der Waals surface area contributed by atoms with E-state index in [4.69, 9.17) is 18.9 Å². The van der Waals surface area contributed by atoms with Crippen LogP contribution in [0.15, 0.2) is 36.5 Å². The summed E-state index contributed by atoms with van der Waals surface area (Å²) in [5.41, 5.74) is 2.07. The molecule has 1 aromatic carbocycles. The number of aromatic nitrogens is 1. The highest BCUT2D eigenvalue weighted by Crippen LogP contribution is 2.34. The number of nitrogens with zero attached hydrogens (tertiary/aromatic N) is 1. The average molecular weight is 358 g/mol. The highest BCUT2D eigenvalue weighted by atomic mass is 16.5. The van der Waals surface area contributed by atoms with Crippen molar-refractivity contribution in [3.05, 3.63) is 47.8 Å². The standard InChI is InChI=1S/C20H26N2O4/c1-23-10-11-25-17-7-8-21-15(12-17)14-22-19-4-3-9-26-20-6-5-16(24-2)13-18(19)20/h5-8,12-13,19,22H,3-4,9-11,14H2,1-2H3. The zero-order chi connectivity index (χ0) is 18.2. The van der Waals surface area contributed by atoms with Gasteiger partial charge in [-0.15, -0.1) is 0 Å². The van der Waals surface area contributed by atoms with E-state index in [2.05, 4.69) is 16.4 Å². The number of benzene rings is 1. The van der Waals surface area contributed by atoms with Crippen LogP contribution in [0.5, 0.6) is 17.2 Å². The van der Waals surface area contributed by atoms with Gasteiger partial charge in [-0.05, 0) is 37.1 Å². The molecule has 0 amide bonds. The van der Waals surface area contributed by atoms with E-state index in [1.54, 1.807) is 20.4 Å². The van der Waals surface area contributed by atoms with Crippen molar-refractivity contribution in [2.45, 2.75) is 25.4 Å². The average Bonchev–Trinajstić information content (AvgIpc) is 2.88. The van der Waals surface area contributed by atoms with E-state index in [1.807, 2.05) is 24.3 Å². The zero-order valence-corrected chi connectivity index (χ0v) is 15.4. The van der Waals surface area contributed by atoms with Crippen molar-refractivity contribution < 1.29 is 18.9 Å². The molecule has 6 heteroatoms. The lowest BCUT2D eigenvalue weighted by Crippen LogP contribution is -2.21. The maximum atomic E-state index is 5.86. The fourth-order valence-electron chi connectivity index (χ4n) is 3.01. The largest absolute Gasteiger partial charge is 0.497 e. The number of rotatable bonds is 8. The Bertz CT molecular complexity index is 708. The number of nitrogens with one attached hydrogen (secondary N) is 1. The van der Waals surface area contributed by atoms with E-state index in [0.717, 1.165) is 48.0 Å². The van der Waals surface area contributed by atoms with Gasteiger partial charge in [0.15, 0.2) is 0 Å². The number of methoxy groups -OCH3 is 2. The van der Waals surface area contributed by atoms with Gasteiger partial charge in [0.25, 0.3) is 0 Å². The Balaban J connectivity index is 1.67. The summed E-state index contributed by atoms with van der Waals surface area (Å²) in [5.74, 6) is 2.57. The quantitative estimate of drug-likeness (QED) is 0.732. The van der Waals surface area contributed by atoms with Gasteiger partial charge >= 0.3 is 0 Å². The third-order valence-electron chi connectivity index (χ3n) is 4.36. The molecule has 1 atom stereocenters. The first kappa shape index (κ1) is 18.5. The molecule has 26 heavy (non-hydrogen) atoms. The first-order valence-electron chi connectivity index (χ1n) is 8.91. The molecule has 2 aromatic rings. The van der Waals surface area contributed by atoms with Crippen LogP contribution in [0.2, 0.25) is 0 Å². The second-order valence-electron chi connectivity index (χ2n) is 6.15. The molecular formula is C20H26N2O4. The Morgan fingerprint density at radius 3 is 2.92 bits per heavy atom. The first-order valence-corrected chi connectivity index (χ1v) is 8.91. The van der Waals surface area contributed by atoms with Gasteiger partial charge in [-0.2, -0.15) is 0 Å². The minimum absolute atomic E-state index is 0.197. The third-order valence-corrected chi connectivity index (χ3v) is 4.36. The van der Waals surface area contributed by atoms with Crippen molar-refractivity contribution in [2.24, 2.45) is 0 Å². The summed E-state index contributed by atoms with van der Waals surface area (Å²) >= 11 is 0. The molecule has 6 nitrogen and oxygen atoms in total. The smallest absolute Gasteiger partial charge is 0.124 e. The van der Waals surface area contributed by atoms with Crippen LogP contribution < -0.4 is 19.5 Å². The molecule has 0 saturated carbocycles. The van der Waals surface area contributed by atoms with Gasteiger partial charge in [-0.3, -0.25) is 4.98 Å². The minimum atomic E-state index is 0.197. The molecule has 0 saturated heterocycles. The molecule has 0 aliphatic carbocycles. The van der Waals surface area contributed by atoms with Crippen molar-refractivity contribution in [3.63, 3.8) is 0 Å². The summed E-state index contributed by atoms with van der Waals surface area (Å²) < 4.78 is 21.9. The number of hydrogen-bond donors (Lipinski definition) is 1. The van der Waals surface area contributed by atoms with Crippen LogP contribution in [-0.4, -0.2) is 39.0 Å². The van der Waals surface area contributed by atoms with E-state index in [0.29, 0.717) is 19.8 Å². The van der Waals surface area contributed by atoms with Crippen molar-refractivity contribution >= 4 is 0 Å². The monoisotopic (exact) mass is 358 g/mol. The molecule has 1 aromatic heterocycles. The SMILES string of the molecule is COCCOc1ccnc(CNC2CCCOc3ccc(OC)cc32)c1. The highest BCUT2D eigenvalue weighted by Gasteiger charge is 2.20. The van der Waals surface area contributed by atoms with E-state index in [1.165, 1.54) is 0 Å². The summed E-state index contributed by atoms with van der Waals surface area (Å²) in [6.45, 7) is 2.48. The van der Waals surface area contributed by atoms with Crippen LogP contribution >= 0.6 is 0 Å². The lowest BCUT2D eigenvalue weighted by atomic mass is 10.0. The molecule has 0 fully saturated rings. The van der Waals surface area contributed by atoms with Gasteiger partial charge in [0.2, 0.25) is 0 Å². The molecule has 1 aliphatic rings. The summed E-state index contributed by atoms with van der Waals surface area (Å²) in [6.07, 6.45) is 3.78. The predicted octanol–water partition coefficient (Wildman–Crippen LogP) is 3.12. The molecule has 1 aliphatic heterocycles. The fourth-order valence-corrected chi connectivity index (χ4v) is 3.01. The lowest BCUT2D eigenvalue weighted by Gasteiger charge is -2.19. The van der Waals surface area contributed by atoms with Gasteiger partial charge in [0, 0.05) is 37.5 Å². The highest BCUT2D eigenvalue weighted by molar-refractivity contribution is 5.42. The summed E-state index contributed by atoms with van der Waals surface area (Å²) in [4.78, 5) is 4.44. The first-order chi connectivity index (χ1) is 12.8. The summed E-state index contributed by atoms with van der Waals surface area (Å²) in [5, 5.41) is 3.60. The number of fused-ring (bicyclic) bond motifs is 1. The van der Waals surface area contributed by atoms with Gasteiger partial charge in [0.1, 0.15) is 23.9 Å². The fraction of sp³-hybridized carbons (Fsp3) is 0.450. The Labute approximate surface area is 154 Å². The van der Waals surface area contributed by atoms with Crippen LogP contribution in [0.1, 0.15) is 30.1 Å². The number of pyridine rings is 1. The number of hydrogen-bond acceptors (Lipinski definition) is 6. The Hall–Kier alpha value is -2.31. The van der Waals surface area contributed by atoms with E-state index in [-0.39, 0.29) is 6.04 Å². The van der Waals surface area contributed by atoms with Gasteiger partial charge in [0.05, 0.1) is 26.0 Å². The second-order valence-corrected chi connectivity index (χ2v) is 6.15. The molecule has 140 valence electrons. The normalized spacial score (nSPS) is 16.3. The molecule has 2 heterocycles. The topological polar surface area (TPSA) is 61.8 Å². The lowest BCUT2D eigenvalue weighted by molar-refractivity contribution is 0.146. The van der Waals surface area contributed by atoms with Crippen molar-refractivity contribution in [1.29, 1.82) is 0 Å². The zero-order valence-electron chi connectivity index (χ0n) is 15.4. The third kappa shape index (κ3) is 4.86. The van der Waals surface area contributed by atoms with E-state index < -0.39 is 0 Å². The number of ether oxygens (including phenoxy) is 4. The van der Waals surface area contributed by atoms with Gasteiger partial charge in [-0.1, -0.05) is 0 Å². The maximum absolute atomic E-state index is 5.86. The van der Waals surface area contributed by atoms with Crippen molar-refractivity contribution in [2.75, 3.05) is 34.0 Å². The van der Waals surface area contributed by atoms with Crippen molar-refractivity contribution in [3.8, 4) is 17.2 Å². The maximum Gasteiger partial charge on any atom is 0.124 e. The second kappa shape index (κ2) is 9.40. The van der Waals surface area contributed by atoms with E-state index >= 15 is 0 Å². The van der Waals surface area contributed by atoms with Crippen LogP contribution in [0.4, 0.5) is 0 Å². The Morgan fingerprint density at radius 1 is 1.15 bits per heavy atom. The molecule has 0 bridgehead atoms. The van der Waals surface area contributed by atoms with Crippen LogP contribution in [0.25, 0.3) is 0 Å².